The lowest BCUT2D eigenvalue weighted by molar-refractivity contribution is -0.0667. The number of rotatable bonds is 12. The Morgan fingerprint density at radius 2 is 1.33 bits per heavy atom. The summed E-state index contributed by atoms with van der Waals surface area (Å²) in [6.07, 6.45) is 8.23. The van der Waals surface area contributed by atoms with Crippen LogP contribution in [0.1, 0.15) is 107 Å². The summed E-state index contributed by atoms with van der Waals surface area (Å²) in [6, 6.07) is 0. The lowest BCUT2D eigenvalue weighted by atomic mass is 10.0. The summed E-state index contributed by atoms with van der Waals surface area (Å²) in [5.74, 6) is 0. The first kappa shape index (κ1) is 28.1. The lowest BCUT2D eigenvalue weighted by Gasteiger charge is -2.41. The minimum absolute atomic E-state index is 0.0125. The Labute approximate surface area is 188 Å². The van der Waals surface area contributed by atoms with Crippen LogP contribution in [0.2, 0.25) is 10.1 Å². The highest BCUT2D eigenvalue weighted by Crippen LogP contribution is 2.44. The molecule has 1 radical (unpaired) electrons. The predicted octanol–water partition coefficient (Wildman–Crippen LogP) is 6.24. The quantitative estimate of drug-likeness (QED) is 0.253. The van der Waals surface area contributed by atoms with Crippen LogP contribution in [0.25, 0.3) is 0 Å². The summed E-state index contributed by atoms with van der Waals surface area (Å²) in [4.78, 5) is 0. The van der Waals surface area contributed by atoms with Gasteiger partial charge in [-0.1, -0.05) is 81.1 Å². The van der Waals surface area contributed by atoms with Gasteiger partial charge in [-0.25, -0.2) is 0 Å². The second-order valence-electron chi connectivity index (χ2n) is 10.9. The summed E-state index contributed by atoms with van der Waals surface area (Å²) in [6.45, 7) is 18.0. The van der Waals surface area contributed by atoms with E-state index in [2.05, 4.69) is 55.4 Å². The van der Waals surface area contributed by atoms with Crippen LogP contribution in [0.3, 0.4) is 0 Å². The van der Waals surface area contributed by atoms with Crippen molar-refractivity contribution in [2.75, 3.05) is 6.26 Å². The highest BCUT2D eigenvalue weighted by atomic mass is 32.2. The van der Waals surface area contributed by atoms with Gasteiger partial charge in [0.25, 0.3) is 10.1 Å². The molecule has 7 heteroatoms. The van der Waals surface area contributed by atoms with Crippen molar-refractivity contribution in [3.05, 3.63) is 0 Å². The Morgan fingerprint density at radius 3 is 1.73 bits per heavy atom. The molecule has 0 spiro atoms. The molecule has 1 aliphatic heterocycles. The molecule has 1 aliphatic rings. The maximum atomic E-state index is 11.8. The van der Waals surface area contributed by atoms with E-state index < -0.39 is 25.3 Å². The molecule has 1 saturated heterocycles. The molecule has 0 aliphatic carbocycles. The van der Waals surface area contributed by atoms with E-state index >= 15 is 0 Å². The average Bonchev–Trinajstić information content (AvgIpc) is 3.05. The number of unbranched alkanes of at least 4 members (excludes halogenated alkanes) is 2. The number of hydrogen-bond acceptors (Lipinski definition) is 5. The Morgan fingerprint density at radius 1 is 0.900 bits per heavy atom. The number of hydrogen-bond donors (Lipinski definition) is 0. The van der Waals surface area contributed by atoms with Crippen LogP contribution >= 0.6 is 0 Å². The minimum atomic E-state index is -3.51. The van der Waals surface area contributed by atoms with Crippen LogP contribution in [0.15, 0.2) is 0 Å². The Hall–Kier alpha value is 0.0469. The van der Waals surface area contributed by atoms with Crippen molar-refractivity contribution in [3.63, 3.8) is 0 Å². The van der Waals surface area contributed by atoms with E-state index in [0.29, 0.717) is 6.42 Å². The third-order valence-corrected chi connectivity index (χ3v) is 9.39. The molecule has 0 aromatic rings. The van der Waals surface area contributed by atoms with Gasteiger partial charge in [0.2, 0.25) is 9.04 Å². The van der Waals surface area contributed by atoms with Crippen molar-refractivity contribution < 1.29 is 21.8 Å². The zero-order valence-corrected chi connectivity index (χ0v) is 22.7. The maximum absolute atomic E-state index is 11.8. The van der Waals surface area contributed by atoms with E-state index in [-0.39, 0.29) is 28.4 Å². The molecule has 179 valence electrons. The van der Waals surface area contributed by atoms with Crippen molar-refractivity contribution in [1.82, 2.24) is 0 Å². The first-order valence-corrected chi connectivity index (χ1v) is 15.0. The van der Waals surface area contributed by atoms with Crippen LogP contribution in [-0.2, 0) is 23.5 Å². The van der Waals surface area contributed by atoms with E-state index in [9.17, 15) is 8.42 Å². The van der Waals surface area contributed by atoms with Crippen molar-refractivity contribution in [1.29, 1.82) is 0 Å². The van der Waals surface area contributed by atoms with Crippen LogP contribution in [0, 0.1) is 0 Å². The molecule has 0 N–H and O–H groups in total. The molecule has 0 aromatic carbocycles. The van der Waals surface area contributed by atoms with Gasteiger partial charge in [0.1, 0.15) is 6.10 Å². The molecule has 4 atom stereocenters. The van der Waals surface area contributed by atoms with Crippen molar-refractivity contribution in [2.24, 2.45) is 0 Å². The molecule has 30 heavy (non-hydrogen) atoms. The molecule has 0 aromatic heterocycles. The van der Waals surface area contributed by atoms with E-state index in [0.717, 1.165) is 51.2 Å². The minimum Gasteiger partial charge on any atom is -0.410 e. The van der Waals surface area contributed by atoms with E-state index in [1.165, 1.54) is 0 Å². The van der Waals surface area contributed by atoms with Gasteiger partial charge in [0.15, 0.2) is 0 Å². The fraction of sp³-hybridized carbons (Fsp3) is 1.00. The smallest absolute Gasteiger partial charge is 0.264 e. The summed E-state index contributed by atoms with van der Waals surface area (Å²) >= 11 is 0. The van der Waals surface area contributed by atoms with Crippen LogP contribution < -0.4 is 0 Å². The predicted molar refractivity (Wildman–Crippen MR) is 127 cm³/mol. The summed E-state index contributed by atoms with van der Waals surface area (Å²) in [7, 11) is -4.63. The van der Waals surface area contributed by atoms with Crippen molar-refractivity contribution >= 4 is 19.2 Å². The zero-order chi connectivity index (χ0) is 23.2. The maximum Gasteiger partial charge on any atom is 0.264 e. The van der Waals surface area contributed by atoms with E-state index in [1.54, 1.807) is 0 Å². The van der Waals surface area contributed by atoms with Gasteiger partial charge in [-0.15, -0.1) is 0 Å². The lowest BCUT2D eigenvalue weighted by Crippen LogP contribution is -2.45. The van der Waals surface area contributed by atoms with Crippen molar-refractivity contribution in [3.8, 4) is 0 Å². The Balaban J connectivity index is 2.97. The Kier molecular flexibility index (Phi) is 11.0. The fourth-order valence-electron chi connectivity index (χ4n) is 4.52. The summed E-state index contributed by atoms with van der Waals surface area (Å²) in [5, 5.41) is 0.239. The largest absolute Gasteiger partial charge is 0.410 e. The van der Waals surface area contributed by atoms with E-state index in [4.69, 9.17) is 13.3 Å². The molecular formula is C23H47O5SSi. The van der Waals surface area contributed by atoms with Gasteiger partial charge in [-0.3, -0.25) is 4.18 Å². The molecule has 0 bridgehead atoms. The topological polar surface area (TPSA) is 61.8 Å². The SMILES string of the molecule is CCCC[C@H](OS(C)(=O)=O)[C@@H]1CC[C@H]([C@@H](CCCC)O[Si](C(C)(C)C)C(C)(C)C)O1. The Bertz CT molecular complexity index is 580. The molecular weight excluding hydrogens is 416 g/mol. The molecule has 1 heterocycles. The average molecular weight is 464 g/mol. The molecule has 0 amide bonds. The van der Waals surface area contributed by atoms with Gasteiger partial charge in [-0.2, -0.15) is 8.42 Å². The van der Waals surface area contributed by atoms with E-state index in [1.807, 2.05) is 0 Å². The monoisotopic (exact) mass is 463 g/mol. The van der Waals surface area contributed by atoms with Gasteiger partial charge in [0, 0.05) is 0 Å². The second-order valence-corrected chi connectivity index (χ2v) is 16.4. The third-order valence-electron chi connectivity index (χ3n) is 5.53. The standard InChI is InChI=1S/C23H47O5SSi/c1-10-12-14-20(27-29(9,24)25)18-16-17-19(26-18)21(15-13-11-2)28-30(22(3,4)5)23(6,7)8/h18-21H,10-17H2,1-9H3/t18-,19+,20-,21+/m0/s1. The normalized spacial score (nSPS) is 23.1. The third kappa shape index (κ3) is 9.68. The second kappa shape index (κ2) is 11.8. The number of ether oxygens (including phenoxy) is 1. The zero-order valence-electron chi connectivity index (χ0n) is 20.9. The highest BCUT2D eigenvalue weighted by Gasteiger charge is 2.44. The highest BCUT2D eigenvalue weighted by molar-refractivity contribution is 7.86. The van der Waals surface area contributed by atoms with Gasteiger partial charge in [-0.05, 0) is 35.8 Å². The van der Waals surface area contributed by atoms with Crippen LogP contribution in [-0.4, -0.2) is 48.1 Å². The fourth-order valence-corrected chi connectivity index (χ4v) is 8.72. The first-order valence-electron chi connectivity index (χ1n) is 11.8. The summed E-state index contributed by atoms with van der Waals surface area (Å²) < 4.78 is 42.4. The van der Waals surface area contributed by atoms with Gasteiger partial charge in [0.05, 0.1) is 24.6 Å². The van der Waals surface area contributed by atoms with Crippen LogP contribution in [0.5, 0.6) is 0 Å². The first-order chi connectivity index (χ1) is 13.7. The van der Waals surface area contributed by atoms with Gasteiger partial charge < -0.3 is 9.16 Å². The summed E-state index contributed by atoms with van der Waals surface area (Å²) in [5.41, 5.74) is 0. The molecule has 0 saturated carbocycles. The van der Waals surface area contributed by atoms with Crippen molar-refractivity contribution in [2.45, 2.75) is 141 Å². The molecule has 5 nitrogen and oxygen atoms in total. The molecule has 0 unspecified atom stereocenters. The molecule has 1 fully saturated rings. The van der Waals surface area contributed by atoms with Crippen LogP contribution in [0.4, 0.5) is 0 Å². The molecule has 1 rings (SSSR count). The van der Waals surface area contributed by atoms with Gasteiger partial charge >= 0.3 is 0 Å².